The fraction of sp³-hybridized carbons (Fsp3) is 0.250. The van der Waals surface area contributed by atoms with E-state index in [1.165, 1.54) is 0 Å². The van der Waals surface area contributed by atoms with Crippen molar-refractivity contribution in [2.75, 3.05) is 5.32 Å². The molecule has 6 heteroatoms. The van der Waals surface area contributed by atoms with Gasteiger partial charge >= 0.3 is 0 Å². The molecule has 2 rings (SSSR count). The molecule has 0 radical (unpaired) electrons. The molecule has 5 nitrogen and oxygen atoms in total. The largest absolute Gasteiger partial charge is 0.388 e. The Morgan fingerprint density at radius 3 is 2.94 bits per heavy atom. The summed E-state index contributed by atoms with van der Waals surface area (Å²) in [6.45, 7) is 2.88. The van der Waals surface area contributed by atoms with Crippen molar-refractivity contribution in [2.24, 2.45) is 5.73 Å². The van der Waals surface area contributed by atoms with Crippen LogP contribution in [-0.2, 0) is 6.54 Å². The number of hydrogen-bond donors (Lipinski definition) is 2. The third kappa shape index (κ3) is 3.27. The van der Waals surface area contributed by atoms with Crippen LogP contribution >= 0.6 is 12.2 Å². The van der Waals surface area contributed by atoms with Crippen molar-refractivity contribution in [1.82, 2.24) is 14.8 Å². The number of aromatic nitrogens is 3. The quantitative estimate of drug-likeness (QED) is 0.797. The van der Waals surface area contributed by atoms with E-state index >= 15 is 0 Å². The van der Waals surface area contributed by atoms with Gasteiger partial charge in [-0.05, 0) is 25.1 Å². The summed E-state index contributed by atoms with van der Waals surface area (Å²) in [6.07, 6.45) is 5.44. The topological polar surface area (TPSA) is 68.8 Å². The monoisotopic (exact) mass is 261 g/mol. The molecule has 94 valence electrons. The molecule has 0 amide bonds. The van der Waals surface area contributed by atoms with Gasteiger partial charge in [0, 0.05) is 18.4 Å². The zero-order chi connectivity index (χ0) is 13.0. The predicted octanol–water partition coefficient (Wildman–Crippen LogP) is 1.41. The molecule has 1 atom stereocenters. The minimum absolute atomic E-state index is 0.252. The summed E-state index contributed by atoms with van der Waals surface area (Å²) in [5.74, 6) is 0. The second-order valence-corrected chi connectivity index (χ2v) is 4.51. The SMILES string of the molecule is CC(Cn1cccn1)Nc1ccc(C(N)=S)nc1. The number of nitrogens with two attached hydrogens (primary N) is 1. The Morgan fingerprint density at radius 2 is 2.39 bits per heavy atom. The summed E-state index contributed by atoms with van der Waals surface area (Å²) in [4.78, 5) is 4.49. The van der Waals surface area contributed by atoms with Crippen LogP contribution in [0.5, 0.6) is 0 Å². The van der Waals surface area contributed by atoms with Crippen LogP contribution in [0.2, 0.25) is 0 Å². The van der Waals surface area contributed by atoms with Gasteiger partial charge in [0.15, 0.2) is 0 Å². The highest BCUT2D eigenvalue weighted by molar-refractivity contribution is 7.80. The van der Waals surface area contributed by atoms with Gasteiger partial charge in [-0.25, -0.2) is 0 Å². The maximum atomic E-state index is 5.49. The van der Waals surface area contributed by atoms with Crippen molar-refractivity contribution in [2.45, 2.75) is 19.5 Å². The molecule has 0 spiro atoms. The molecule has 0 saturated carbocycles. The Labute approximate surface area is 111 Å². The molecule has 0 aliphatic rings. The van der Waals surface area contributed by atoms with Crippen LogP contribution in [0.1, 0.15) is 12.6 Å². The molecule has 18 heavy (non-hydrogen) atoms. The van der Waals surface area contributed by atoms with E-state index in [4.69, 9.17) is 18.0 Å². The summed E-state index contributed by atoms with van der Waals surface area (Å²) in [5, 5.41) is 7.50. The highest BCUT2D eigenvalue weighted by Crippen LogP contribution is 2.08. The van der Waals surface area contributed by atoms with Gasteiger partial charge in [0.05, 0.1) is 24.1 Å². The fourth-order valence-electron chi connectivity index (χ4n) is 1.64. The number of rotatable bonds is 5. The highest BCUT2D eigenvalue weighted by atomic mass is 32.1. The third-order valence-corrected chi connectivity index (χ3v) is 2.66. The molecule has 0 aliphatic heterocycles. The second kappa shape index (κ2) is 5.59. The van der Waals surface area contributed by atoms with Gasteiger partial charge in [0.25, 0.3) is 0 Å². The Kier molecular flexibility index (Phi) is 3.88. The van der Waals surface area contributed by atoms with Gasteiger partial charge in [0.1, 0.15) is 4.99 Å². The Bertz CT molecular complexity index is 506. The first-order chi connectivity index (χ1) is 8.65. The van der Waals surface area contributed by atoms with E-state index in [-0.39, 0.29) is 6.04 Å². The molecule has 0 saturated heterocycles. The van der Waals surface area contributed by atoms with Crippen molar-refractivity contribution in [3.8, 4) is 0 Å². The standard InChI is InChI=1S/C12H15N5S/c1-9(8-17-6-2-5-15-17)16-10-3-4-11(12(13)18)14-7-10/h2-7,9,16H,8H2,1H3,(H2,13,18). The van der Waals surface area contributed by atoms with Crippen LogP contribution in [-0.4, -0.2) is 25.8 Å². The van der Waals surface area contributed by atoms with Crippen LogP contribution in [0.3, 0.4) is 0 Å². The van der Waals surface area contributed by atoms with Gasteiger partial charge in [-0.1, -0.05) is 12.2 Å². The summed E-state index contributed by atoms with van der Waals surface area (Å²) >= 11 is 4.85. The molecule has 3 N–H and O–H groups in total. The Morgan fingerprint density at radius 1 is 1.56 bits per heavy atom. The van der Waals surface area contributed by atoms with Gasteiger partial charge in [-0.3, -0.25) is 9.67 Å². The maximum absolute atomic E-state index is 5.49. The van der Waals surface area contributed by atoms with Crippen LogP contribution in [0.25, 0.3) is 0 Å². The van der Waals surface area contributed by atoms with Gasteiger partial charge < -0.3 is 11.1 Å². The van der Waals surface area contributed by atoms with Crippen LogP contribution < -0.4 is 11.1 Å². The smallest absolute Gasteiger partial charge is 0.122 e. The molecular weight excluding hydrogens is 246 g/mol. The minimum atomic E-state index is 0.252. The lowest BCUT2D eigenvalue weighted by atomic mass is 10.3. The van der Waals surface area contributed by atoms with Crippen LogP contribution in [0, 0.1) is 0 Å². The zero-order valence-electron chi connectivity index (χ0n) is 10.1. The van der Waals surface area contributed by atoms with E-state index in [9.17, 15) is 0 Å². The molecule has 2 aromatic rings. The molecule has 0 aliphatic carbocycles. The lowest BCUT2D eigenvalue weighted by Gasteiger charge is -2.15. The summed E-state index contributed by atoms with van der Waals surface area (Å²) in [7, 11) is 0. The second-order valence-electron chi connectivity index (χ2n) is 4.07. The number of nitrogens with zero attached hydrogens (tertiary/aromatic N) is 3. The third-order valence-electron chi connectivity index (χ3n) is 2.45. The van der Waals surface area contributed by atoms with Crippen molar-refractivity contribution in [3.63, 3.8) is 0 Å². The minimum Gasteiger partial charge on any atom is -0.388 e. The lowest BCUT2D eigenvalue weighted by Crippen LogP contribution is -2.22. The summed E-state index contributed by atoms with van der Waals surface area (Å²) in [6, 6.07) is 5.89. The first kappa shape index (κ1) is 12.5. The maximum Gasteiger partial charge on any atom is 0.122 e. The number of anilines is 1. The van der Waals surface area contributed by atoms with Crippen molar-refractivity contribution >= 4 is 22.9 Å². The first-order valence-corrected chi connectivity index (χ1v) is 6.06. The number of thiocarbonyl (C=S) groups is 1. The van der Waals surface area contributed by atoms with Crippen molar-refractivity contribution in [1.29, 1.82) is 0 Å². The Balaban J connectivity index is 1.94. The normalized spacial score (nSPS) is 12.1. The zero-order valence-corrected chi connectivity index (χ0v) is 10.9. The van der Waals surface area contributed by atoms with E-state index in [0.717, 1.165) is 12.2 Å². The molecule has 0 aromatic carbocycles. The van der Waals surface area contributed by atoms with Gasteiger partial charge in [-0.15, -0.1) is 0 Å². The van der Waals surface area contributed by atoms with Gasteiger partial charge in [-0.2, -0.15) is 5.10 Å². The van der Waals surface area contributed by atoms with E-state index in [2.05, 4.69) is 22.3 Å². The van der Waals surface area contributed by atoms with Crippen LogP contribution in [0.4, 0.5) is 5.69 Å². The average Bonchev–Trinajstić information content (AvgIpc) is 2.82. The molecular formula is C12H15N5S. The first-order valence-electron chi connectivity index (χ1n) is 5.65. The molecule has 0 fully saturated rings. The predicted molar refractivity (Wildman–Crippen MR) is 75.4 cm³/mol. The molecule has 2 aromatic heterocycles. The van der Waals surface area contributed by atoms with E-state index in [1.807, 2.05) is 29.1 Å². The van der Waals surface area contributed by atoms with E-state index < -0.39 is 0 Å². The fourth-order valence-corrected chi connectivity index (χ4v) is 1.76. The summed E-state index contributed by atoms with van der Waals surface area (Å²) < 4.78 is 1.88. The lowest BCUT2D eigenvalue weighted by molar-refractivity contribution is 0.561. The number of nitrogens with one attached hydrogen (secondary N) is 1. The highest BCUT2D eigenvalue weighted by Gasteiger charge is 2.04. The summed E-state index contributed by atoms with van der Waals surface area (Å²) in [5.41, 5.74) is 7.07. The van der Waals surface area contributed by atoms with Crippen molar-refractivity contribution < 1.29 is 0 Å². The number of hydrogen-bond acceptors (Lipinski definition) is 4. The van der Waals surface area contributed by atoms with Crippen molar-refractivity contribution in [3.05, 3.63) is 42.5 Å². The molecule has 2 heterocycles. The van der Waals surface area contributed by atoms with Gasteiger partial charge in [0.2, 0.25) is 0 Å². The van der Waals surface area contributed by atoms with E-state index in [1.54, 1.807) is 12.4 Å². The number of pyridine rings is 1. The van der Waals surface area contributed by atoms with E-state index in [0.29, 0.717) is 10.7 Å². The molecule has 1 unspecified atom stereocenters. The Hall–Kier alpha value is -1.95. The average molecular weight is 261 g/mol. The molecule has 0 bridgehead atoms. The van der Waals surface area contributed by atoms with Crippen LogP contribution in [0.15, 0.2) is 36.8 Å².